The fraction of sp³-hybridized carbons (Fsp3) is 0.250. The molecule has 0 unspecified atom stereocenters. The molecule has 1 rings (SSSR count). The van der Waals surface area contributed by atoms with Crippen LogP contribution in [0.2, 0.25) is 0 Å². The van der Waals surface area contributed by atoms with Crippen molar-refractivity contribution in [2.45, 2.75) is 10.8 Å². The molecule has 0 heterocycles. The standard InChI is InChI=1S/C8H5ClF4S/c1-14-8-6(12)4(10)3(2-9)5(11)7(8)13/h2H2,1H3. The lowest BCUT2D eigenvalue weighted by molar-refractivity contribution is 0.417. The minimum atomic E-state index is -1.43. The van der Waals surface area contributed by atoms with Crippen LogP contribution in [-0.2, 0) is 5.88 Å². The summed E-state index contributed by atoms with van der Waals surface area (Å²) in [5, 5.41) is 0. The van der Waals surface area contributed by atoms with Crippen molar-refractivity contribution < 1.29 is 17.6 Å². The second-order valence-corrected chi connectivity index (χ2v) is 3.49. The van der Waals surface area contributed by atoms with Gasteiger partial charge in [0.05, 0.1) is 10.8 Å². The van der Waals surface area contributed by atoms with Gasteiger partial charge in [0, 0.05) is 5.56 Å². The lowest BCUT2D eigenvalue weighted by Crippen LogP contribution is -2.03. The second kappa shape index (κ2) is 4.40. The molecule has 6 heteroatoms. The summed E-state index contributed by atoms with van der Waals surface area (Å²) in [5.41, 5.74) is -0.778. The van der Waals surface area contributed by atoms with Crippen LogP contribution in [0.15, 0.2) is 4.90 Å². The highest BCUT2D eigenvalue weighted by molar-refractivity contribution is 7.98. The van der Waals surface area contributed by atoms with Gasteiger partial charge in [0.2, 0.25) is 0 Å². The predicted molar refractivity (Wildman–Crippen MR) is 47.6 cm³/mol. The molecular weight excluding hydrogens is 240 g/mol. The van der Waals surface area contributed by atoms with Crippen LogP contribution in [0, 0.1) is 23.3 Å². The fourth-order valence-electron chi connectivity index (χ4n) is 0.954. The third-order valence-electron chi connectivity index (χ3n) is 1.65. The Morgan fingerprint density at radius 2 is 1.43 bits per heavy atom. The highest BCUT2D eigenvalue weighted by Gasteiger charge is 2.23. The molecule has 0 N–H and O–H groups in total. The Morgan fingerprint density at radius 3 is 1.71 bits per heavy atom. The molecule has 0 atom stereocenters. The maximum Gasteiger partial charge on any atom is 0.175 e. The molecule has 0 spiro atoms. The summed E-state index contributed by atoms with van der Waals surface area (Å²) in [6.07, 6.45) is 1.32. The van der Waals surface area contributed by atoms with Gasteiger partial charge in [0.15, 0.2) is 23.3 Å². The van der Waals surface area contributed by atoms with Crippen molar-refractivity contribution in [1.82, 2.24) is 0 Å². The Bertz CT molecular complexity index is 303. The van der Waals surface area contributed by atoms with Crippen LogP contribution >= 0.6 is 23.4 Å². The van der Waals surface area contributed by atoms with Crippen molar-refractivity contribution in [3.8, 4) is 0 Å². The van der Waals surface area contributed by atoms with E-state index in [2.05, 4.69) is 0 Å². The van der Waals surface area contributed by atoms with E-state index in [4.69, 9.17) is 11.6 Å². The minimum absolute atomic E-state index is 0.596. The smallest absolute Gasteiger partial charge is 0.175 e. The first kappa shape index (κ1) is 11.7. The van der Waals surface area contributed by atoms with Gasteiger partial charge in [0.1, 0.15) is 0 Å². The molecule has 0 saturated carbocycles. The number of hydrogen-bond acceptors (Lipinski definition) is 1. The largest absolute Gasteiger partial charge is 0.203 e. The van der Waals surface area contributed by atoms with Gasteiger partial charge < -0.3 is 0 Å². The number of alkyl halides is 1. The molecule has 1 aromatic carbocycles. The SMILES string of the molecule is CSc1c(F)c(F)c(CCl)c(F)c1F. The lowest BCUT2D eigenvalue weighted by atomic mass is 10.2. The van der Waals surface area contributed by atoms with E-state index in [-0.39, 0.29) is 0 Å². The molecule has 0 radical (unpaired) electrons. The molecule has 0 nitrogen and oxygen atoms in total. The number of thioether (sulfide) groups is 1. The van der Waals surface area contributed by atoms with Gasteiger partial charge in [-0.15, -0.1) is 23.4 Å². The quantitative estimate of drug-likeness (QED) is 0.331. The normalized spacial score (nSPS) is 10.7. The Balaban J connectivity index is 3.55. The summed E-state index contributed by atoms with van der Waals surface area (Å²) < 4.78 is 52.1. The van der Waals surface area contributed by atoms with Gasteiger partial charge in [-0.3, -0.25) is 0 Å². The molecule has 1 aromatic rings. The maximum absolute atomic E-state index is 13.0. The number of rotatable bonds is 2. The molecular formula is C8H5ClF4S. The molecule has 0 fully saturated rings. The van der Waals surface area contributed by atoms with Gasteiger partial charge in [-0.2, -0.15) is 0 Å². The molecule has 0 saturated heterocycles. The van der Waals surface area contributed by atoms with Gasteiger partial charge in [-0.05, 0) is 6.26 Å². The molecule has 78 valence electrons. The van der Waals surface area contributed by atoms with Crippen LogP contribution in [0.1, 0.15) is 5.56 Å². The van der Waals surface area contributed by atoms with Crippen molar-refractivity contribution >= 4 is 23.4 Å². The topological polar surface area (TPSA) is 0 Å². The van der Waals surface area contributed by atoms with Crippen molar-refractivity contribution in [2.24, 2.45) is 0 Å². The van der Waals surface area contributed by atoms with E-state index in [9.17, 15) is 17.6 Å². The third kappa shape index (κ3) is 1.70. The molecule has 0 aliphatic rings. The Labute approximate surface area is 87.2 Å². The van der Waals surface area contributed by atoms with Gasteiger partial charge in [0.25, 0.3) is 0 Å². The van der Waals surface area contributed by atoms with Crippen LogP contribution in [0.25, 0.3) is 0 Å². The molecule has 0 aliphatic carbocycles. The first-order valence-corrected chi connectivity index (χ1v) is 5.25. The van der Waals surface area contributed by atoms with E-state index in [1.807, 2.05) is 0 Å². The second-order valence-electron chi connectivity index (χ2n) is 2.40. The number of benzene rings is 1. The summed E-state index contributed by atoms with van der Waals surface area (Å²) in [7, 11) is 0. The van der Waals surface area contributed by atoms with E-state index in [0.717, 1.165) is 0 Å². The predicted octanol–water partition coefficient (Wildman–Crippen LogP) is 3.70. The summed E-state index contributed by atoms with van der Waals surface area (Å²) in [5.74, 6) is -6.26. The molecule has 0 amide bonds. The highest BCUT2D eigenvalue weighted by Crippen LogP contribution is 2.30. The summed E-state index contributed by atoms with van der Waals surface area (Å²) >= 11 is 5.75. The molecule has 14 heavy (non-hydrogen) atoms. The Morgan fingerprint density at radius 1 is 1.00 bits per heavy atom. The zero-order valence-electron chi connectivity index (χ0n) is 7.01. The average molecular weight is 245 g/mol. The van der Waals surface area contributed by atoms with Crippen molar-refractivity contribution in [3.05, 3.63) is 28.8 Å². The van der Waals surface area contributed by atoms with Crippen LogP contribution in [0.3, 0.4) is 0 Å². The van der Waals surface area contributed by atoms with Crippen LogP contribution in [-0.4, -0.2) is 6.26 Å². The monoisotopic (exact) mass is 244 g/mol. The summed E-state index contributed by atoms with van der Waals surface area (Å²) in [6, 6.07) is 0. The van der Waals surface area contributed by atoms with E-state index in [0.29, 0.717) is 11.8 Å². The maximum atomic E-state index is 13.0. The van der Waals surface area contributed by atoms with Crippen molar-refractivity contribution in [3.63, 3.8) is 0 Å². The Hall–Kier alpha value is -0.420. The van der Waals surface area contributed by atoms with E-state index < -0.39 is 39.6 Å². The van der Waals surface area contributed by atoms with E-state index in [1.54, 1.807) is 0 Å². The van der Waals surface area contributed by atoms with Gasteiger partial charge in [-0.25, -0.2) is 17.6 Å². The van der Waals surface area contributed by atoms with Crippen LogP contribution in [0.4, 0.5) is 17.6 Å². The summed E-state index contributed by atoms with van der Waals surface area (Å²) in [4.78, 5) is -0.672. The number of hydrogen-bond donors (Lipinski definition) is 0. The zero-order chi connectivity index (χ0) is 10.9. The van der Waals surface area contributed by atoms with Gasteiger partial charge >= 0.3 is 0 Å². The van der Waals surface area contributed by atoms with Crippen LogP contribution < -0.4 is 0 Å². The van der Waals surface area contributed by atoms with Crippen molar-refractivity contribution in [1.29, 1.82) is 0 Å². The fourth-order valence-corrected chi connectivity index (χ4v) is 1.73. The Kier molecular flexibility index (Phi) is 3.66. The molecule has 0 aromatic heterocycles. The van der Waals surface area contributed by atoms with Crippen molar-refractivity contribution in [2.75, 3.05) is 6.26 Å². The van der Waals surface area contributed by atoms with Crippen LogP contribution in [0.5, 0.6) is 0 Å². The summed E-state index contributed by atoms with van der Waals surface area (Å²) in [6.45, 7) is 0. The first-order valence-electron chi connectivity index (χ1n) is 3.49. The molecule has 0 aliphatic heterocycles. The third-order valence-corrected chi connectivity index (χ3v) is 2.69. The first-order chi connectivity index (χ1) is 6.54. The number of halogens is 5. The average Bonchev–Trinajstić information content (AvgIpc) is 2.17. The van der Waals surface area contributed by atoms with Gasteiger partial charge in [-0.1, -0.05) is 0 Å². The lowest BCUT2D eigenvalue weighted by Gasteiger charge is -2.07. The highest BCUT2D eigenvalue weighted by atomic mass is 35.5. The van der Waals surface area contributed by atoms with E-state index in [1.165, 1.54) is 6.26 Å². The zero-order valence-corrected chi connectivity index (χ0v) is 8.58. The molecule has 0 bridgehead atoms. The minimum Gasteiger partial charge on any atom is -0.203 e. The van der Waals surface area contributed by atoms with E-state index >= 15 is 0 Å².